The molecule has 2 rings (SSSR count). The Morgan fingerprint density at radius 1 is 0.947 bits per heavy atom. The summed E-state index contributed by atoms with van der Waals surface area (Å²) < 4.78 is 30.2. The maximum absolute atomic E-state index is 12.1. The molecular formula is C14H13BrO3S. The van der Waals surface area contributed by atoms with Crippen LogP contribution in [0.25, 0.3) is 0 Å². The Balaban J connectivity index is 2.33. The molecule has 5 heteroatoms. The molecule has 0 unspecified atom stereocenters. The highest BCUT2D eigenvalue weighted by atomic mass is 79.9. The molecule has 0 N–H and O–H groups in total. The zero-order chi connectivity index (χ0) is 14.0. The number of hydrogen-bond donors (Lipinski definition) is 0. The minimum absolute atomic E-state index is 0.134. The van der Waals surface area contributed by atoms with Crippen molar-refractivity contribution in [2.24, 2.45) is 0 Å². The van der Waals surface area contributed by atoms with E-state index in [2.05, 4.69) is 15.9 Å². The van der Waals surface area contributed by atoms with Crippen LogP contribution in [0.2, 0.25) is 0 Å². The molecule has 2 aromatic carbocycles. The number of aryl methyl sites for hydroxylation is 2. The third kappa shape index (κ3) is 3.58. The summed E-state index contributed by atoms with van der Waals surface area (Å²) in [5, 5.41) is 0. The van der Waals surface area contributed by atoms with Gasteiger partial charge in [0.05, 0.1) is 0 Å². The number of hydrogen-bond acceptors (Lipinski definition) is 3. The average molecular weight is 341 g/mol. The van der Waals surface area contributed by atoms with Gasteiger partial charge >= 0.3 is 10.1 Å². The largest absolute Gasteiger partial charge is 0.379 e. The molecule has 100 valence electrons. The fourth-order valence-electron chi connectivity index (χ4n) is 1.76. The molecule has 0 radical (unpaired) electrons. The predicted molar refractivity (Wildman–Crippen MR) is 77.9 cm³/mol. The standard InChI is InChI=1S/C14H13BrO3S/c1-10-7-11(2)9-13(8-10)18-19(16,17)14-5-3-12(15)4-6-14/h3-9H,1-2H3. The summed E-state index contributed by atoms with van der Waals surface area (Å²) in [7, 11) is -3.78. The molecule has 0 aromatic heterocycles. The van der Waals surface area contributed by atoms with Crippen LogP contribution >= 0.6 is 15.9 Å². The lowest BCUT2D eigenvalue weighted by molar-refractivity contribution is 0.485. The van der Waals surface area contributed by atoms with E-state index in [1.807, 2.05) is 19.9 Å². The molecule has 2 aromatic rings. The van der Waals surface area contributed by atoms with E-state index in [-0.39, 0.29) is 4.90 Å². The van der Waals surface area contributed by atoms with Crippen molar-refractivity contribution in [3.8, 4) is 5.75 Å². The van der Waals surface area contributed by atoms with Crippen LogP contribution in [0.15, 0.2) is 51.8 Å². The molecular weight excluding hydrogens is 328 g/mol. The van der Waals surface area contributed by atoms with Crippen molar-refractivity contribution in [3.63, 3.8) is 0 Å². The Morgan fingerprint density at radius 2 is 1.47 bits per heavy atom. The summed E-state index contributed by atoms with van der Waals surface area (Å²) in [6.45, 7) is 3.79. The van der Waals surface area contributed by atoms with Crippen LogP contribution in [0.3, 0.4) is 0 Å². The highest BCUT2D eigenvalue weighted by Crippen LogP contribution is 2.22. The first-order chi connectivity index (χ1) is 8.87. The van der Waals surface area contributed by atoms with Gasteiger partial charge in [0.15, 0.2) is 0 Å². The van der Waals surface area contributed by atoms with Crippen LogP contribution in [-0.2, 0) is 10.1 Å². The summed E-state index contributed by atoms with van der Waals surface area (Å²) in [6, 6.07) is 11.7. The van der Waals surface area contributed by atoms with Crippen LogP contribution < -0.4 is 4.18 Å². The molecule has 0 bridgehead atoms. The van der Waals surface area contributed by atoms with Crippen LogP contribution in [0, 0.1) is 13.8 Å². The van der Waals surface area contributed by atoms with Crippen LogP contribution in [-0.4, -0.2) is 8.42 Å². The Labute approximate surface area is 121 Å². The van der Waals surface area contributed by atoms with Crippen LogP contribution in [0.5, 0.6) is 5.75 Å². The molecule has 0 fully saturated rings. The van der Waals surface area contributed by atoms with E-state index in [0.717, 1.165) is 15.6 Å². The molecule has 0 atom stereocenters. The van der Waals surface area contributed by atoms with Gasteiger partial charge in [-0.2, -0.15) is 8.42 Å². The fourth-order valence-corrected chi connectivity index (χ4v) is 2.94. The molecule has 3 nitrogen and oxygen atoms in total. The van der Waals surface area contributed by atoms with Gasteiger partial charge in [-0.3, -0.25) is 0 Å². The van der Waals surface area contributed by atoms with Crippen molar-refractivity contribution < 1.29 is 12.6 Å². The monoisotopic (exact) mass is 340 g/mol. The van der Waals surface area contributed by atoms with Crippen molar-refractivity contribution in [2.75, 3.05) is 0 Å². The van der Waals surface area contributed by atoms with Gasteiger partial charge in [0.25, 0.3) is 0 Å². The Kier molecular flexibility index (Phi) is 3.96. The van der Waals surface area contributed by atoms with Gasteiger partial charge in [0.2, 0.25) is 0 Å². The molecule has 19 heavy (non-hydrogen) atoms. The molecule has 0 saturated carbocycles. The van der Waals surface area contributed by atoms with Crippen LogP contribution in [0.4, 0.5) is 0 Å². The zero-order valence-electron chi connectivity index (χ0n) is 10.6. The van der Waals surface area contributed by atoms with Gasteiger partial charge in [-0.25, -0.2) is 0 Å². The Bertz CT molecular complexity index is 671. The second-order valence-corrected chi connectivity index (χ2v) is 6.78. The van der Waals surface area contributed by atoms with Crippen molar-refractivity contribution in [1.82, 2.24) is 0 Å². The van der Waals surface area contributed by atoms with Crippen LogP contribution in [0.1, 0.15) is 11.1 Å². The highest BCUT2D eigenvalue weighted by Gasteiger charge is 2.16. The fraction of sp³-hybridized carbons (Fsp3) is 0.143. The SMILES string of the molecule is Cc1cc(C)cc(OS(=O)(=O)c2ccc(Br)cc2)c1. The smallest absolute Gasteiger partial charge is 0.339 e. The first kappa shape index (κ1) is 14.1. The number of benzene rings is 2. The van der Waals surface area contributed by atoms with E-state index in [4.69, 9.17) is 4.18 Å². The van der Waals surface area contributed by atoms with Crippen molar-refractivity contribution >= 4 is 26.0 Å². The third-order valence-electron chi connectivity index (χ3n) is 2.50. The quantitative estimate of drug-likeness (QED) is 0.797. The maximum atomic E-state index is 12.1. The van der Waals surface area contributed by atoms with Gasteiger partial charge in [0.1, 0.15) is 10.6 Å². The molecule has 0 amide bonds. The van der Waals surface area contributed by atoms with E-state index in [1.165, 1.54) is 12.1 Å². The summed E-state index contributed by atoms with van der Waals surface area (Å²) in [5.74, 6) is 0.334. The van der Waals surface area contributed by atoms with Gasteiger partial charge in [0, 0.05) is 4.47 Å². The zero-order valence-corrected chi connectivity index (χ0v) is 13.0. The van der Waals surface area contributed by atoms with Crippen molar-refractivity contribution in [3.05, 3.63) is 58.1 Å². The lowest BCUT2D eigenvalue weighted by Crippen LogP contribution is -2.09. The summed E-state index contributed by atoms with van der Waals surface area (Å²) in [4.78, 5) is 0.134. The van der Waals surface area contributed by atoms with E-state index >= 15 is 0 Å². The minimum Gasteiger partial charge on any atom is -0.379 e. The van der Waals surface area contributed by atoms with Gasteiger partial charge < -0.3 is 4.18 Å². The molecule has 0 heterocycles. The van der Waals surface area contributed by atoms with Gasteiger partial charge in [-0.15, -0.1) is 0 Å². The summed E-state index contributed by atoms with van der Waals surface area (Å²) >= 11 is 3.26. The van der Waals surface area contributed by atoms with Crippen molar-refractivity contribution in [1.29, 1.82) is 0 Å². The predicted octanol–water partition coefficient (Wildman–Crippen LogP) is 3.83. The lowest BCUT2D eigenvalue weighted by atomic mass is 10.1. The Morgan fingerprint density at radius 3 is 2.00 bits per heavy atom. The topological polar surface area (TPSA) is 43.4 Å². The highest BCUT2D eigenvalue weighted by molar-refractivity contribution is 9.10. The second kappa shape index (κ2) is 5.35. The molecule has 0 aliphatic rings. The molecule has 0 aliphatic carbocycles. The summed E-state index contributed by atoms with van der Waals surface area (Å²) in [6.07, 6.45) is 0. The van der Waals surface area contributed by atoms with E-state index in [9.17, 15) is 8.42 Å². The molecule has 0 spiro atoms. The molecule has 0 aliphatic heterocycles. The summed E-state index contributed by atoms with van der Waals surface area (Å²) in [5.41, 5.74) is 1.92. The molecule has 0 saturated heterocycles. The minimum atomic E-state index is -3.78. The Hall–Kier alpha value is -1.33. The van der Waals surface area contributed by atoms with E-state index in [0.29, 0.717) is 5.75 Å². The number of rotatable bonds is 3. The third-order valence-corrected chi connectivity index (χ3v) is 4.29. The van der Waals surface area contributed by atoms with Gasteiger partial charge in [-0.1, -0.05) is 22.0 Å². The van der Waals surface area contributed by atoms with E-state index < -0.39 is 10.1 Å². The average Bonchev–Trinajstić information content (AvgIpc) is 2.27. The normalized spacial score (nSPS) is 11.3. The number of halogens is 1. The second-order valence-electron chi connectivity index (χ2n) is 4.31. The van der Waals surface area contributed by atoms with Crippen molar-refractivity contribution in [2.45, 2.75) is 18.7 Å². The van der Waals surface area contributed by atoms with E-state index in [1.54, 1.807) is 24.3 Å². The van der Waals surface area contributed by atoms with Gasteiger partial charge in [-0.05, 0) is 61.4 Å². The first-order valence-electron chi connectivity index (χ1n) is 5.65. The lowest BCUT2D eigenvalue weighted by Gasteiger charge is -2.08. The first-order valence-corrected chi connectivity index (χ1v) is 7.85. The maximum Gasteiger partial charge on any atom is 0.339 e.